The molecule has 3 N–H and O–H groups in total. The van der Waals surface area contributed by atoms with Crippen LogP contribution >= 0.6 is 0 Å². The minimum atomic E-state index is -0.998. The molecule has 0 aliphatic carbocycles. The molecule has 1 aliphatic heterocycles. The zero-order valence-electron chi connectivity index (χ0n) is 8.10. The third-order valence-electron chi connectivity index (χ3n) is 2.54. The largest absolute Gasteiger partial charge is 0.394 e. The first kappa shape index (κ1) is 10.6. The van der Waals surface area contributed by atoms with Gasteiger partial charge in [-0.2, -0.15) is 0 Å². The average molecular weight is 214 g/mol. The first-order valence-electron chi connectivity index (χ1n) is 4.82. The molecule has 0 aromatic carbocycles. The first-order chi connectivity index (χ1) is 7.22. The number of hydrogen-bond donors (Lipinski definition) is 3. The van der Waals surface area contributed by atoms with E-state index in [0.717, 1.165) is 0 Å². The van der Waals surface area contributed by atoms with Crippen LogP contribution in [0.5, 0.6) is 0 Å². The highest BCUT2D eigenvalue weighted by molar-refractivity contribution is 4.87. The second-order valence-corrected chi connectivity index (χ2v) is 3.63. The predicted molar refractivity (Wildman–Crippen MR) is 49.9 cm³/mol. The van der Waals surface area contributed by atoms with Crippen molar-refractivity contribution in [2.24, 2.45) is 0 Å². The predicted octanol–water partition coefficient (Wildman–Crippen LogP) is -1.12. The Hall–Kier alpha value is -0.950. The lowest BCUT2D eigenvalue weighted by Gasteiger charge is -2.36. The van der Waals surface area contributed by atoms with Crippen LogP contribution in [0.1, 0.15) is 12.6 Å². The van der Waals surface area contributed by atoms with Crippen LogP contribution in [-0.4, -0.2) is 49.8 Å². The fourth-order valence-corrected chi connectivity index (χ4v) is 1.72. The molecule has 0 radical (unpaired) electrons. The van der Waals surface area contributed by atoms with Gasteiger partial charge in [0.25, 0.3) is 0 Å². The number of rotatable bonds is 2. The van der Waals surface area contributed by atoms with Crippen molar-refractivity contribution in [1.29, 1.82) is 0 Å². The molecular formula is C9H14N2O4. The lowest BCUT2D eigenvalue weighted by atomic mass is 10.0. The highest BCUT2D eigenvalue weighted by atomic mass is 16.5. The molecule has 0 bridgehead atoms. The van der Waals surface area contributed by atoms with Gasteiger partial charge in [0, 0.05) is 18.8 Å². The Morgan fingerprint density at radius 3 is 2.87 bits per heavy atom. The van der Waals surface area contributed by atoms with Gasteiger partial charge in [0.1, 0.15) is 6.10 Å². The molecule has 1 aromatic heterocycles. The van der Waals surface area contributed by atoms with Gasteiger partial charge in [-0.15, -0.1) is 0 Å². The highest BCUT2D eigenvalue weighted by Crippen LogP contribution is 2.27. The van der Waals surface area contributed by atoms with Gasteiger partial charge in [0.05, 0.1) is 25.1 Å². The van der Waals surface area contributed by atoms with E-state index in [1.165, 1.54) is 6.33 Å². The SMILES string of the molecule is OCC1CC(O)C(O)C(n2ccnc2)O1. The van der Waals surface area contributed by atoms with Gasteiger partial charge in [-0.3, -0.25) is 0 Å². The van der Waals surface area contributed by atoms with Crippen molar-refractivity contribution < 1.29 is 20.1 Å². The van der Waals surface area contributed by atoms with Crippen LogP contribution in [0.2, 0.25) is 0 Å². The van der Waals surface area contributed by atoms with Crippen molar-refractivity contribution >= 4 is 0 Å². The molecule has 1 aliphatic rings. The summed E-state index contributed by atoms with van der Waals surface area (Å²) in [6, 6.07) is 0. The number of aromatic nitrogens is 2. The summed E-state index contributed by atoms with van der Waals surface area (Å²) in [6.45, 7) is -0.172. The summed E-state index contributed by atoms with van der Waals surface area (Å²) in [6.07, 6.45) is 1.92. The van der Waals surface area contributed by atoms with E-state index in [-0.39, 0.29) is 13.0 Å². The molecule has 84 valence electrons. The normalized spacial score (nSPS) is 36.7. The minimum absolute atomic E-state index is 0.172. The van der Waals surface area contributed by atoms with E-state index >= 15 is 0 Å². The standard InChI is InChI=1S/C9H14N2O4/c12-4-6-3-7(13)8(14)9(15-6)11-2-1-10-5-11/h1-2,5-9,12-14H,3-4H2. The molecule has 2 heterocycles. The summed E-state index contributed by atoms with van der Waals surface area (Å²) in [5.41, 5.74) is 0. The molecule has 2 rings (SSSR count). The third kappa shape index (κ3) is 2.03. The third-order valence-corrected chi connectivity index (χ3v) is 2.54. The van der Waals surface area contributed by atoms with E-state index < -0.39 is 24.5 Å². The molecule has 4 atom stereocenters. The van der Waals surface area contributed by atoms with Gasteiger partial charge in [0.2, 0.25) is 0 Å². The minimum Gasteiger partial charge on any atom is -0.394 e. The summed E-state index contributed by atoms with van der Waals surface area (Å²) < 4.78 is 6.99. The molecule has 0 saturated carbocycles. The maximum absolute atomic E-state index is 9.72. The zero-order valence-corrected chi connectivity index (χ0v) is 8.10. The van der Waals surface area contributed by atoms with Crippen LogP contribution in [0.4, 0.5) is 0 Å². The number of aliphatic hydroxyl groups excluding tert-OH is 3. The Bertz CT molecular complexity index is 303. The fourth-order valence-electron chi connectivity index (χ4n) is 1.72. The lowest BCUT2D eigenvalue weighted by Crippen LogP contribution is -2.46. The molecule has 1 saturated heterocycles. The summed E-state index contributed by atoms with van der Waals surface area (Å²) in [5.74, 6) is 0. The molecule has 1 fully saturated rings. The second-order valence-electron chi connectivity index (χ2n) is 3.63. The van der Waals surface area contributed by atoms with Crippen LogP contribution in [0.25, 0.3) is 0 Å². The number of hydrogen-bond acceptors (Lipinski definition) is 5. The first-order valence-corrected chi connectivity index (χ1v) is 4.82. The van der Waals surface area contributed by atoms with E-state index in [9.17, 15) is 10.2 Å². The van der Waals surface area contributed by atoms with Gasteiger partial charge < -0.3 is 24.6 Å². The summed E-state index contributed by atoms with van der Waals surface area (Å²) >= 11 is 0. The average Bonchev–Trinajstić information content (AvgIpc) is 2.75. The number of ether oxygens (including phenoxy) is 1. The molecule has 1 aromatic rings. The van der Waals surface area contributed by atoms with Crippen LogP contribution < -0.4 is 0 Å². The smallest absolute Gasteiger partial charge is 0.163 e. The monoisotopic (exact) mass is 214 g/mol. The van der Waals surface area contributed by atoms with E-state index in [0.29, 0.717) is 0 Å². The summed E-state index contributed by atoms with van der Waals surface area (Å²) in [5, 5.41) is 28.3. The van der Waals surface area contributed by atoms with Gasteiger partial charge >= 0.3 is 0 Å². The van der Waals surface area contributed by atoms with E-state index in [4.69, 9.17) is 9.84 Å². The molecule has 6 heteroatoms. The van der Waals surface area contributed by atoms with Crippen LogP contribution in [0, 0.1) is 0 Å². The Morgan fingerprint density at radius 1 is 1.47 bits per heavy atom. The maximum atomic E-state index is 9.72. The van der Waals surface area contributed by atoms with Crippen LogP contribution in [0.15, 0.2) is 18.7 Å². The van der Waals surface area contributed by atoms with Crippen molar-refractivity contribution in [3.05, 3.63) is 18.7 Å². The van der Waals surface area contributed by atoms with Gasteiger partial charge in [-0.05, 0) is 0 Å². The summed E-state index contributed by atoms with van der Waals surface area (Å²) in [7, 11) is 0. The zero-order chi connectivity index (χ0) is 10.8. The van der Waals surface area contributed by atoms with E-state index in [1.54, 1.807) is 17.0 Å². The molecular weight excluding hydrogens is 200 g/mol. The van der Waals surface area contributed by atoms with Crippen molar-refractivity contribution in [2.75, 3.05) is 6.61 Å². The Balaban J connectivity index is 2.15. The summed E-state index contributed by atoms with van der Waals surface area (Å²) in [4.78, 5) is 3.84. The van der Waals surface area contributed by atoms with E-state index in [1.807, 2.05) is 0 Å². The molecule has 0 spiro atoms. The maximum Gasteiger partial charge on any atom is 0.163 e. The molecule has 4 unspecified atom stereocenters. The lowest BCUT2D eigenvalue weighted by molar-refractivity contribution is -0.205. The Morgan fingerprint density at radius 2 is 2.27 bits per heavy atom. The fraction of sp³-hybridized carbons (Fsp3) is 0.667. The number of aliphatic hydroxyl groups is 3. The van der Waals surface area contributed by atoms with Crippen LogP contribution in [0.3, 0.4) is 0 Å². The Kier molecular flexibility index (Phi) is 3.01. The molecule has 0 amide bonds. The van der Waals surface area contributed by atoms with E-state index in [2.05, 4.69) is 4.98 Å². The van der Waals surface area contributed by atoms with Crippen molar-refractivity contribution in [1.82, 2.24) is 9.55 Å². The van der Waals surface area contributed by atoms with Gasteiger partial charge in [-0.1, -0.05) is 0 Å². The highest BCUT2D eigenvalue weighted by Gasteiger charge is 2.37. The van der Waals surface area contributed by atoms with Crippen molar-refractivity contribution in [2.45, 2.75) is 31.0 Å². The molecule has 6 nitrogen and oxygen atoms in total. The van der Waals surface area contributed by atoms with Crippen molar-refractivity contribution in [3.63, 3.8) is 0 Å². The topological polar surface area (TPSA) is 87.7 Å². The number of nitrogens with zero attached hydrogens (tertiary/aromatic N) is 2. The number of imidazole rings is 1. The van der Waals surface area contributed by atoms with Crippen molar-refractivity contribution in [3.8, 4) is 0 Å². The Labute approximate surface area is 86.8 Å². The quantitative estimate of drug-likeness (QED) is 0.580. The molecule has 15 heavy (non-hydrogen) atoms. The van der Waals surface area contributed by atoms with Gasteiger partial charge in [0.15, 0.2) is 6.23 Å². The second kappa shape index (κ2) is 4.28. The van der Waals surface area contributed by atoms with Gasteiger partial charge in [-0.25, -0.2) is 4.98 Å². The van der Waals surface area contributed by atoms with Crippen LogP contribution in [-0.2, 0) is 4.74 Å².